The molecule has 1 saturated heterocycles. The Hall–Kier alpha value is -5.84. The summed E-state index contributed by atoms with van der Waals surface area (Å²) < 4.78 is 39.1. The molecule has 60 heavy (non-hydrogen) atoms. The Kier molecular flexibility index (Phi) is 12.3. The van der Waals surface area contributed by atoms with Crippen molar-refractivity contribution < 1.29 is 38.0 Å². The third kappa shape index (κ3) is 8.58. The number of carbonyl (C=O) groups is 1. The summed E-state index contributed by atoms with van der Waals surface area (Å²) in [5.41, 5.74) is 0.826. The Labute approximate surface area is 349 Å². The van der Waals surface area contributed by atoms with E-state index in [0.717, 1.165) is 16.7 Å². The largest absolute Gasteiger partial charge is 0.497 e. The number of hydrogen-bond acceptors (Lipinski definition) is 11. The second kappa shape index (κ2) is 17.4. The highest BCUT2D eigenvalue weighted by Crippen LogP contribution is 2.45. The Morgan fingerprint density at radius 3 is 1.98 bits per heavy atom. The summed E-state index contributed by atoms with van der Waals surface area (Å²) in [7, 11) is 0.655. The van der Waals surface area contributed by atoms with Crippen LogP contribution >= 0.6 is 0 Å². The van der Waals surface area contributed by atoms with E-state index in [1.54, 1.807) is 43.1 Å². The number of ether oxygens (including phenoxy) is 5. The van der Waals surface area contributed by atoms with Gasteiger partial charge in [-0.2, -0.15) is 4.98 Å². The Morgan fingerprint density at radius 1 is 0.850 bits per heavy atom. The second-order valence-corrected chi connectivity index (χ2v) is 20.9. The van der Waals surface area contributed by atoms with Gasteiger partial charge >= 0.3 is 0 Å². The van der Waals surface area contributed by atoms with Crippen LogP contribution in [0.1, 0.15) is 43.7 Å². The van der Waals surface area contributed by atoms with E-state index >= 15 is 0 Å². The van der Waals surface area contributed by atoms with E-state index in [2.05, 4.69) is 54.1 Å². The lowest BCUT2D eigenvalue weighted by molar-refractivity contribution is -0.118. The van der Waals surface area contributed by atoms with E-state index in [-0.39, 0.29) is 35.4 Å². The molecule has 3 N–H and O–H groups in total. The first-order valence-electron chi connectivity index (χ1n) is 19.7. The lowest BCUT2D eigenvalue weighted by atomic mass is 9.80. The van der Waals surface area contributed by atoms with Crippen LogP contribution in [-0.4, -0.2) is 84.6 Å². The number of amides is 1. The molecule has 314 valence electrons. The Balaban J connectivity index is 1.26. The predicted octanol–water partition coefficient (Wildman–Crippen LogP) is 6.81. The first-order valence-corrected chi connectivity index (χ1v) is 22.6. The van der Waals surface area contributed by atoms with Crippen molar-refractivity contribution in [2.24, 2.45) is 0 Å². The van der Waals surface area contributed by atoms with Gasteiger partial charge in [-0.25, -0.2) is 4.98 Å². The SMILES string of the molecule is COc1ccc(C(OC[C@H]2O[C@@H](n3cnc4c(=O)[nH]c(NC(=O)COc5ccccc5)nc43)[C@H](O[Si](C)(C)C(C)(C)C)[C@@H]2O)(c2ccccc2)c2ccc(OC)cc2)cc1. The molecule has 1 aliphatic rings. The van der Waals surface area contributed by atoms with Crippen molar-refractivity contribution in [2.75, 3.05) is 32.8 Å². The predicted molar refractivity (Wildman–Crippen MR) is 229 cm³/mol. The highest BCUT2D eigenvalue weighted by molar-refractivity contribution is 6.74. The number of aromatic amines is 1. The van der Waals surface area contributed by atoms with Crippen LogP contribution in [0.25, 0.3) is 11.2 Å². The lowest BCUT2D eigenvalue weighted by Gasteiger charge is -2.40. The number of H-pyrrole nitrogens is 1. The maximum Gasteiger partial charge on any atom is 0.280 e. The molecule has 1 fully saturated rings. The monoisotopic (exact) mass is 833 g/mol. The van der Waals surface area contributed by atoms with E-state index in [4.69, 9.17) is 28.1 Å². The number of nitrogens with zero attached hydrogens (tertiary/aromatic N) is 3. The van der Waals surface area contributed by atoms with Gasteiger partial charge in [0.15, 0.2) is 32.3 Å². The summed E-state index contributed by atoms with van der Waals surface area (Å²) in [6, 6.07) is 34.1. The second-order valence-electron chi connectivity index (χ2n) is 16.1. The maximum atomic E-state index is 13.4. The molecular formula is C45H51N5O9Si. The molecule has 2 aromatic heterocycles. The number of imidazole rings is 1. The number of nitrogens with one attached hydrogen (secondary N) is 2. The zero-order valence-electron chi connectivity index (χ0n) is 34.7. The molecule has 14 nitrogen and oxygen atoms in total. The van der Waals surface area contributed by atoms with Crippen LogP contribution < -0.4 is 25.1 Å². The lowest BCUT2D eigenvalue weighted by Crippen LogP contribution is -2.49. The average molecular weight is 834 g/mol. The normalized spacial score (nSPS) is 18.3. The highest BCUT2D eigenvalue weighted by Gasteiger charge is 2.52. The van der Waals surface area contributed by atoms with Gasteiger partial charge in [0, 0.05) is 0 Å². The molecule has 3 heterocycles. The van der Waals surface area contributed by atoms with E-state index in [1.807, 2.05) is 84.9 Å². The number of fused-ring (bicyclic) bond motifs is 1. The molecule has 0 radical (unpaired) electrons. The third-order valence-electron chi connectivity index (χ3n) is 11.3. The number of hydrogen-bond donors (Lipinski definition) is 3. The minimum atomic E-state index is -2.58. The first kappa shape index (κ1) is 42.3. The Morgan fingerprint density at radius 2 is 1.42 bits per heavy atom. The van der Waals surface area contributed by atoms with Gasteiger partial charge in [0.2, 0.25) is 5.95 Å². The fourth-order valence-electron chi connectivity index (χ4n) is 7.01. The number of para-hydroxylation sites is 1. The molecule has 0 aliphatic carbocycles. The van der Waals surface area contributed by atoms with Crippen molar-refractivity contribution in [3.63, 3.8) is 0 Å². The smallest absolute Gasteiger partial charge is 0.280 e. The number of aliphatic hydroxyl groups excluding tert-OH is 1. The zero-order chi connectivity index (χ0) is 42.7. The van der Waals surface area contributed by atoms with Crippen molar-refractivity contribution in [2.45, 2.75) is 69.0 Å². The molecule has 15 heteroatoms. The van der Waals surface area contributed by atoms with Gasteiger partial charge in [-0.05, 0) is 71.2 Å². The van der Waals surface area contributed by atoms with E-state index in [1.165, 1.54) is 6.33 Å². The molecule has 4 aromatic carbocycles. The van der Waals surface area contributed by atoms with Gasteiger partial charge in [-0.15, -0.1) is 0 Å². The maximum absolute atomic E-state index is 13.4. The van der Waals surface area contributed by atoms with Crippen LogP contribution in [0, 0.1) is 0 Å². The molecule has 1 amide bonds. The van der Waals surface area contributed by atoms with Crippen LogP contribution in [0.2, 0.25) is 18.1 Å². The van der Waals surface area contributed by atoms with Gasteiger partial charge in [-0.3, -0.25) is 24.5 Å². The van der Waals surface area contributed by atoms with Crippen molar-refractivity contribution in [3.05, 3.63) is 143 Å². The van der Waals surface area contributed by atoms with Crippen molar-refractivity contribution in [1.82, 2.24) is 19.5 Å². The van der Waals surface area contributed by atoms with Gasteiger partial charge in [0.05, 0.1) is 27.2 Å². The molecule has 4 atom stereocenters. The zero-order valence-corrected chi connectivity index (χ0v) is 35.7. The van der Waals surface area contributed by atoms with Crippen molar-refractivity contribution >= 4 is 31.3 Å². The average Bonchev–Trinajstić information content (AvgIpc) is 3.81. The summed E-state index contributed by atoms with van der Waals surface area (Å²) in [6.07, 6.45) is -2.62. The summed E-state index contributed by atoms with van der Waals surface area (Å²) >= 11 is 0. The fraction of sp³-hybridized carbons (Fsp3) is 0.333. The molecular weight excluding hydrogens is 783 g/mol. The molecule has 0 unspecified atom stereocenters. The summed E-state index contributed by atoms with van der Waals surface area (Å²) in [5.74, 6) is 1.23. The summed E-state index contributed by atoms with van der Waals surface area (Å²) in [5, 5.41) is 14.7. The number of carbonyl (C=O) groups excluding carboxylic acids is 1. The minimum absolute atomic E-state index is 0.0134. The summed E-state index contributed by atoms with van der Waals surface area (Å²) in [4.78, 5) is 37.8. The number of anilines is 1. The van der Waals surface area contributed by atoms with E-state index in [0.29, 0.717) is 17.2 Å². The molecule has 0 saturated carbocycles. The number of rotatable bonds is 15. The quantitative estimate of drug-likeness (QED) is 0.0735. The van der Waals surface area contributed by atoms with Gasteiger partial charge in [0.25, 0.3) is 11.5 Å². The van der Waals surface area contributed by atoms with Gasteiger partial charge in [-0.1, -0.05) is 93.6 Å². The first-order chi connectivity index (χ1) is 28.7. The highest BCUT2D eigenvalue weighted by atomic mass is 28.4. The standard InChI is InChI=1S/C45H51N5O9Si/c1-44(2,3)60(6,7)59-39-38(52)35(58-42(39)50-28-46-37-40(50)48-43(49-41(37)53)47-36(51)27-56-34-16-12-9-13-17-34)26-57-45(29-14-10-8-11-15-29,30-18-22-32(54-4)23-19-30)31-20-24-33(55-5)25-21-31/h8-25,28,35,38-39,42,52H,26-27H2,1-7H3,(H2,47,48,49,51,53)/t35-,38-,39-,42-/m1/s1. The summed E-state index contributed by atoms with van der Waals surface area (Å²) in [6.45, 7) is 10.1. The number of aromatic nitrogens is 4. The van der Waals surface area contributed by atoms with Crippen LogP contribution in [0.4, 0.5) is 5.95 Å². The topological polar surface area (TPSA) is 168 Å². The van der Waals surface area contributed by atoms with Gasteiger partial charge < -0.3 is 33.2 Å². The number of benzene rings is 4. The van der Waals surface area contributed by atoms with E-state index in [9.17, 15) is 14.7 Å². The van der Waals surface area contributed by atoms with Crippen LogP contribution in [0.3, 0.4) is 0 Å². The molecule has 1 aliphatic heterocycles. The van der Waals surface area contributed by atoms with E-state index < -0.39 is 49.9 Å². The Bertz CT molecular complexity index is 2390. The minimum Gasteiger partial charge on any atom is -0.497 e. The fourth-order valence-corrected chi connectivity index (χ4v) is 8.30. The van der Waals surface area contributed by atoms with Crippen LogP contribution in [0.5, 0.6) is 17.2 Å². The van der Waals surface area contributed by atoms with Crippen LogP contribution in [-0.2, 0) is 24.3 Å². The van der Waals surface area contributed by atoms with Crippen molar-refractivity contribution in [3.8, 4) is 17.2 Å². The van der Waals surface area contributed by atoms with Gasteiger partial charge in [0.1, 0.15) is 41.2 Å². The molecule has 6 aromatic rings. The van der Waals surface area contributed by atoms with Crippen LogP contribution in [0.15, 0.2) is 120 Å². The molecule has 0 spiro atoms. The number of methoxy groups -OCH3 is 2. The number of aliphatic hydroxyl groups is 1. The third-order valence-corrected chi connectivity index (χ3v) is 15.7. The van der Waals surface area contributed by atoms with Crippen molar-refractivity contribution in [1.29, 1.82) is 0 Å². The molecule has 0 bridgehead atoms. The molecule has 7 rings (SSSR count).